The topological polar surface area (TPSA) is 105 Å². The van der Waals surface area contributed by atoms with E-state index in [0.29, 0.717) is 29.9 Å². The fourth-order valence-corrected chi connectivity index (χ4v) is 5.73. The third-order valence-electron chi connectivity index (χ3n) is 5.99. The van der Waals surface area contributed by atoms with Gasteiger partial charge >= 0.3 is 5.97 Å². The van der Waals surface area contributed by atoms with Crippen molar-refractivity contribution in [3.8, 4) is 23.0 Å². The van der Waals surface area contributed by atoms with Crippen molar-refractivity contribution < 1.29 is 17.9 Å². The van der Waals surface area contributed by atoms with E-state index in [4.69, 9.17) is 9.84 Å². The van der Waals surface area contributed by atoms with Crippen LogP contribution < -0.4 is 0 Å². The van der Waals surface area contributed by atoms with Gasteiger partial charge in [0.2, 0.25) is 10.0 Å². The molecule has 1 aliphatic heterocycles. The van der Waals surface area contributed by atoms with Crippen molar-refractivity contribution >= 4 is 22.1 Å². The number of sulfonamides is 1. The summed E-state index contributed by atoms with van der Waals surface area (Å²) in [5.41, 5.74) is 2.12. The Bertz CT molecular complexity index is 1400. The summed E-state index contributed by atoms with van der Waals surface area (Å²) in [6, 6.07) is 17.9. The minimum atomic E-state index is -3.67. The van der Waals surface area contributed by atoms with Crippen LogP contribution in [0, 0.1) is 11.3 Å². The minimum Gasteiger partial charge on any atom is -0.462 e. The third-order valence-corrected chi connectivity index (χ3v) is 7.88. The van der Waals surface area contributed by atoms with Crippen LogP contribution in [0.25, 0.3) is 23.0 Å². The van der Waals surface area contributed by atoms with Crippen LogP contribution in [0.2, 0.25) is 0 Å². The second-order valence-corrected chi connectivity index (χ2v) is 10.4. The molecule has 9 heteroatoms. The quantitative estimate of drug-likeness (QED) is 0.265. The average Bonchev–Trinajstić information content (AvgIpc) is 3.11. The maximum atomic E-state index is 13.4. The Hall–Kier alpha value is -3.74. The van der Waals surface area contributed by atoms with Crippen molar-refractivity contribution in [3.05, 3.63) is 71.9 Å². The van der Waals surface area contributed by atoms with Crippen molar-refractivity contribution in [3.63, 3.8) is 0 Å². The summed E-state index contributed by atoms with van der Waals surface area (Å²) in [5, 5.41) is 14.3. The molecular weight excluding hydrogens is 476 g/mol. The number of nitriles is 1. The zero-order chi connectivity index (χ0) is 25.5. The first kappa shape index (κ1) is 25.4. The summed E-state index contributed by atoms with van der Waals surface area (Å²) in [4.78, 5) is 12.5. The van der Waals surface area contributed by atoms with E-state index in [0.717, 1.165) is 31.4 Å². The van der Waals surface area contributed by atoms with E-state index < -0.39 is 16.0 Å². The Balaban J connectivity index is 1.81. The molecule has 0 radical (unpaired) electrons. The molecule has 0 saturated carbocycles. The summed E-state index contributed by atoms with van der Waals surface area (Å²) in [7, 11) is -3.67. The lowest BCUT2D eigenvalue weighted by molar-refractivity contribution is -0.137. The number of rotatable bonds is 7. The molecule has 1 aliphatic rings. The first-order valence-electron chi connectivity index (χ1n) is 12.0. The lowest BCUT2D eigenvalue weighted by Gasteiger charge is -2.20. The first-order chi connectivity index (χ1) is 17.4. The number of para-hydroxylation sites is 1. The van der Waals surface area contributed by atoms with Gasteiger partial charge in [-0.15, -0.1) is 0 Å². The van der Waals surface area contributed by atoms with Gasteiger partial charge in [-0.25, -0.2) is 17.9 Å². The third kappa shape index (κ3) is 5.56. The highest BCUT2D eigenvalue weighted by Crippen LogP contribution is 2.29. The predicted octanol–water partition coefficient (Wildman–Crippen LogP) is 4.57. The first-order valence-corrected chi connectivity index (χ1v) is 13.4. The Kier molecular flexibility index (Phi) is 7.98. The van der Waals surface area contributed by atoms with Gasteiger partial charge in [0, 0.05) is 30.4 Å². The van der Waals surface area contributed by atoms with Crippen LogP contribution in [-0.2, 0) is 19.6 Å². The van der Waals surface area contributed by atoms with Crippen molar-refractivity contribution in [2.45, 2.75) is 37.5 Å². The van der Waals surface area contributed by atoms with Crippen molar-refractivity contribution in [1.82, 2.24) is 14.1 Å². The highest BCUT2D eigenvalue weighted by atomic mass is 32.2. The van der Waals surface area contributed by atoms with Crippen molar-refractivity contribution in [1.29, 1.82) is 5.26 Å². The summed E-state index contributed by atoms with van der Waals surface area (Å²) >= 11 is 0. The number of esters is 1. The van der Waals surface area contributed by atoms with Crippen LogP contribution in [0.1, 0.15) is 38.2 Å². The van der Waals surface area contributed by atoms with Crippen LogP contribution in [0.3, 0.4) is 0 Å². The highest BCUT2D eigenvalue weighted by Gasteiger charge is 2.26. The molecule has 0 amide bonds. The number of hydrogen-bond donors (Lipinski definition) is 0. The van der Waals surface area contributed by atoms with Crippen LogP contribution in [0.4, 0.5) is 0 Å². The Morgan fingerprint density at radius 3 is 2.47 bits per heavy atom. The molecule has 4 rings (SSSR count). The molecule has 0 N–H and O–H groups in total. The van der Waals surface area contributed by atoms with E-state index in [9.17, 15) is 18.5 Å². The molecule has 1 saturated heterocycles. The monoisotopic (exact) mass is 504 g/mol. The van der Waals surface area contributed by atoms with Gasteiger partial charge in [-0.1, -0.05) is 43.2 Å². The molecule has 186 valence electrons. The van der Waals surface area contributed by atoms with E-state index in [1.165, 1.54) is 6.08 Å². The maximum absolute atomic E-state index is 13.4. The normalized spacial score (nSPS) is 15.2. The van der Waals surface area contributed by atoms with Crippen LogP contribution >= 0.6 is 0 Å². The molecule has 1 aromatic heterocycles. The molecule has 2 aromatic carbocycles. The molecule has 8 nitrogen and oxygen atoms in total. The van der Waals surface area contributed by atoms with Gasteiger partial charge in [-0.2, -0.15) is 14.7 Å². The molecule has 2 heterocycles. The zero-order valence-corrected chi connectivity index (χ0v) is 20.9. The number of hydrogen-bond acceptors (Lipinski definition) is 6. The second kappa shape index (κ2) is 11.3. The number of carbonyl (C=O) groups is 1. The van der Waals surface area contributed by atoms with Crippen molar-refractivity contribution in [2.75, 3.05) is 19.7 Å². The highest BCUT2D eigenvalue weighted by molar-refractivity contribution is 7.89. The smallest absolute Gasteiger partial charge is 0.348 e. The van der Waals surface area contributed by atoms with Crippen LogP contribution in [-0.4, -0.2) is 48.2 Å². The summed E-state index contributed by atoms with van der Waals surface area (Å²) in [5.74, 6) is -0.726. The standard InChI is InChI=1S/C27H28N4O4S/c1-2-35-27(32)22(19-28)17-23-20-31(24-12-6-5-7-13-24)29-26(23)21-11-10-14-25(18-21)36(33,34)30-15-8-3-4-9-16-30/h5-7,10-14,17-18,20H,2-4,8-9,15-16H2,1H3/b22-17-. The lowest BCUT2D eigenvalue weighted by Crippen LogP contribution is -2.31. The molecule has 3 aromatic rings. The number of aromatic nitrogens is 2. The van der Waals surface area contributed by atoms with Gasteiger partial charge in [-0.3, -0.25) is 0 Å². The van der Waals surface area contributed by atoms with Gasteiger partial charge in [0.05, 0.1) is 17.2 Å². The fourth-order valence-electron chi connectivity index (χ4n) is 4.17. The largest absolute Gasteiger partial charge is 0.462 e. The Labute approximate surface area is 211 Å². The lowest BCUT2D eigenvalue weighted by atomic mass is 10.1. The van der Waals surface area contributed by atoms with Crippen molar-refractivity contribution in [2.24, 2.45) is 0 Å². The Morgan fingerprint density at radius 2 is 1.81 bits per heavy atom. The van der Waals surface area contributed by atoms with Gasteiger partial charge < -0.3 is 4.74 Å². The molecule has 0 unspecified atom stereocenters. The van der Waals surface area contributed by atoms with E-state index in [1.54, 1.807) is 46.4 Å². The van der Waals surface area contributed by atoms with Gasteiger partial charge in [0.25, 0.3) is 0 Å². The summed E-state index contributed by atoms with van der Waals surface area (Å²) < 4.78 is 35.0. The number of benzene rings is 2. The molecule has 36 heavy (non-hydrogen) atoms. The van der Waals surface area contributed by atoms with Gasteiger partial charge in [0.1, 0.15) is 17.3 Å². The molecule has 0 atom stereocenters. The van der Waals surface area contributed by atoms with E-state index in [2.05, 4.69) is 0 Å². The fraction of sp³-hybridized carbons (Fsp3) is 0.296. The van der Waals surface area contributed by atoms with E-state index >= 15 is 0 Å². The predicted molar refractivity (Wildman–Crippen MR) is 136 cm³/mol. The molecule has 0 bridgehead atoms. The van der Waals surface area contributed by atoms with Crippen LogP contribution in [0.15, 0.2) is 71.3 Å². The van der Waals surface area contributed by atoms with E-state index in [1.807, 2.05) is 36.4 Å². The molecule has 0 aliphatic carbocycles. The summed E-state index contributed by atoms with van der Waals surface area (Å²) in [6.07, 6.45) is 6.88. The minimum absolute atomic E-state index is 0.143. The van der Waals surface area contributed by atoms with Gasteiger partial charge in [0.15, 0.2) is 0 Å². The second-order valence-electron chi connectivity index (χ2n) is 8.45. The number of nitrogens with zero attached hydrogens (tertiary/aromatic N) is 4. The summed E-state index contributed by atoms with van der Waals surface area (Å²) in [6.45, 7) is 2.83. The van der Waals surface area contributed by atoms with Gasteiger partial charge in [-0.05, 0) is 50.1 Å². The average molecular weight is 505 g/mol. The van der Waals surface area contributed by atoms with E-state index in [-0.39, 0.29) is 17.1 Å². The molecule has 1 fully saturated rings. The molecule has 0 spiro atoms. The zero-order valence-electron chi connectivity index (χ0n) is 20.1. The number of carbonyl (C=O) groups excluding carboxylic acids is 1. The van der Waals surface area contributed by atoms with Crippen LogP contribution in [0.5, 0.6) is 0 Å². The number of ether oxygens (including phenoxy) is 1. The molecular formula is C27H28N4O4S. The SMILES string of the molecule is CCOC(=O)/C(C#N)=C\c1cn(-c2ccccc2)nc1-c1cccc(S(=O)(=O)N2CCCCCC2)c1. The maximum Gasteiger partial charge on any atom is 0.348 e. The Morgan fingerprint density at radius 1 is 1.08 bits per heavy atom.